The number of nitrogens with zero attached hydrogens (tertiary/aromatic N) is 2. The second-order valence-corrected chi connectivity index (χ2v) is 3.35. The van der Waals surface area contributed by atoms with Gasteiger partial charge in [-0.1, -0.05) is 6.07 Å². The molecular weight excluding hydrogens is 195 g/mol. The van der Waals surface area contributed by atoms with E-state index in [1.807, 2.05) is 6.92 Å². The summed E-state index contributed by atoms with van der Waals surface area (Å²) in [5.41, 5.74) is 7.60. The van der Waals surface area contributed by atoms with Crippen LogP contribution < -0.4 is 5.73 Å². The molecule has 0 aliphatic heterocycles. The summed E-state index contributed by atoms with van der Waals surface area (Å²) < 4.78 is 12.9. The monoisotopic (exact) mass is 206 g/mol. The molecule has 2 aromatic rings. The summed E-state index contributed by atoms with van der Waals surface area (Å²) in [4.78, 5) is 3.97. The Kier molecular flexibility index (Phi) is 2.47. The van der Waals surface area contributed by atoms with Gasteiger partial charge in [-0.05, 0) is 30.2 Å². The predicted octanol–water partition coefficient (Wildman–Crippen LogP) is 1.30. The van der Waals surface area contributed by atoms with E-state index in [-0.39, 0.29) is 5.82 Å². The van der Waals surface area contributed by atoms with E-state index in [9.17, 15) is 4.39 Å². The van der Waals surface area contributed by atoms with Crippen LogP contribution in [0.3, 0.4) is 0 Å². The van der Waals surface area contributed by atoms with E-state index in [1.54, 1.807) is 6.07 Å². The second kappa shape index (κ2) is 3.78. The minimum Gasteiger partial charge on any atom is -0.318 e. The number of nitrogens with one attached hydrogen (secondary N) is 1. The van der Waals surface area contributed by atoms with Crippen molar-refractivity contribution in [3.05, 3.63) is 47.3 Å². The summed E-state index contributed by atoms with van der Waals surface area (Å²) >= 11 is 0. The zero-order valence-corrected chi connectivity index (χ0v) is 8.24. The van der Waals surface area contributed by atoms with Gasteiger partial charge in [0.25, 0.3) is 0 Å². The van der Waals surface area contributed by atoms with Crippen LogP contribution in [0, 0.1) is 12.7 Å². The number of rotatable bonds is 2. The molecule has 0 spiro atoms. The Hall–Kier alpha value is -1.75. The molecule has 0 saturated heterocycles. The van der Waals surface area contributed by atoms with Gasteiger partial charge in [0.2, 0.25) is 0 Å². The van der Waals surface area contributed by atoms with E-state index in [1.165, 1.54) is 18.5 Å². The van der Waals surface area contributed by atoms with E-state index < -0.39 is 6.04 Å². The number of aromatic nitrogens is 3. The Bertz CT molecular complexity index is 452. The number of hydrogen-bond donors (Lipinski definition) is 2. The first-order valence-corrected chi connectivity index (χ1v) is 4.55. The third-order valence-corrected chi connectivity index (χ3v) is 2.30. The third-order valence-electron chi connectivity index (χ3n) is 2.30. The minimum absolute atomic E-state index is 0.263. The first kappa shape index (κ1) is 9.79. The second-order valence-electron chi connectivity index (χ2n) is 3.35. The number of aryl methyl sites for hydroxylation is 1. The molecular formula is C10H11FN4. The molecule has 2 rings (SSSR count). The van der Waals surface area contributed by atoms with E-state index in [2.05, 4.69) is 15.2 Å². The lowest BCUT2D eigenvalue weighted by Crippen LogP contribution is -2.15. The van der Waals surface area contributed by atoms with E-state index in [0.29, 0.717) is 5.82 Å². The van der Waals surface area contributed by atoms with Crippen molar-refractivity contribution in [3.8, 4) is 0 Å². The molecule has 0 radical (unpaired) electrons. The molecule has 1 aromatic heterocycles. The summed E-state index contributed by atoms with van der Waals surface area (Å²) in [6.45, 7) is 1.81. The van der Waals surface area contributed by atoms with Gasteiger partial charge in [-0.25, -0.2) is 9.37 Å². The Labute approximate surface area is 86.3 Å². The lowest BCUT2D eigenvalue weighted by atomic mass is 10.0. The zero-order chi connectivity index (χ0) is 10.8. The number of halogens is 1. The molecule has 0 saturated carbocycles. The van der Waals surface area contributed by atoms with Crippen molar-refractivity contribution < 1.29 is 4.39 Å². The van der Waals surface area contributed by atoms with Gasteiger partial charge in [0.05, 0.1) is 6.04 Å². The quantitative estimate of drug-likeness (QED) is 0.778. The maximum Gasteiger partial charge on any atom is 0.145 e. The largest absolute Gasteiger partial charge is 0.318 e. The Balaban J connectivity index is 2.38. The SMILES string of the molecule is Cc1cc(F)ccc1C(N)c1ncn[nH]1. The number of benzene rings is 1. The molecule has 0 amide bonds. The number of aromatic amines is 1. The third kappa shape index (κ3) is 1.87. The highest BCUT2D eigenvalue weighted by molar-refractivity contribution is 5.32. The van der Waals surface area contributed by atoms with Crippen molar-refractivity contribution in [3.63, 3.8) is 0 Å². The highest BCUT2D eigenvalue weighted by Crippen LogP contribution is 2.20. The van der Waals surface area contributed by atoms with Crippen LogP contribution in [0.4, 0.5) is 4.39 Å². The first-order valence-electron chi connectivity index (χ1n) is 4.55. The predicted molar refractivity (Wildman–Crippen MR) is 53.6 cm³/mol. The molecule has 0 aliphatic rings. The maximum atomic E-state index is 12.9. The van der Waals surface area contributed by atoms with Gasteiger partial charge in [-0.15, -0.1) is 0 Å². The summed E-state index contributed by atoms with van der Waals surface area (Å²) in [7, 11) is 0. The average Bonchev–Trinajstić information content (AvgIpc) is 2.69. The van der Waals surface area contributed by atoms with Crippen molar-refractivity contribution in [2.45, 2.75) is 13.0 Å². The normalized spacial score (nSPS) is 12.7. The average molecular weight is 206 g/mol. The summed E-state index contributed by atoms with van der Waals surface area (Å²) in [6.07, 6.45) is 1.40. The topological polar surface area (TPSA) is 67.6 Å². The van der Waals surface area contributed by atoms with Gasteiger partial charge in [0.1, 0.15) is 18.0 Å². The number of nitrogens with two attached hydrogens (primary N) is 1. The summed E-state index contributed by atoms with van der Waals surface area (Å²) in [5, 5.41) is 6.42. The van der Waals surface area contributed by atoms with Gasteiger partial charge >= 0.3 is 0 Å². The molecule has 0 fully saturated rings. The van der Waals surface area contributed by atoms with Crippen LogP contribution in [0.5, 0.6) is 0 Å². The highest BCUT2D eigenvalue weighted by Gasteiger charge is 2.14. The van der Waals surface area contributed by atoms with E-state index >= 15 is 0 Å². The summed E-state index contributed by atoms with van der Waals surface area (Å²) in [5.74, 6) is 0.311. The van der Waals surface area contributed by atoms with Crippen LogP contribution in [0.15, 0.2) is 24.5 Å². The smallest absolute Gasteiger partial charge is 0.145 e. The van der Waals surface area contributed by atoms with Crippen LogP contribution in [0.2, 0.25) is 0 Å². The van der Waals surface area contributed by atoms with Crippen LogP contribution in [0.1, 0.15) is 23.0 Å². The van der Waals surface area contributed by atoms with Crippen molar-refractivity contribution in [2.24, 2.45) is 5.73 Å². The van der Waals surface area contributed by atoms with E-state index in [0.717, 1.165) is 11.1 Å². The lowest BCUT2D eigenvalue weighted by molar-refractivity contribution is 0.624. The molecule has 4 nitrogen and oxygen atoms in total. The van der Waals surface area contributed by atoms with E-state index in [4.69, 9.17) is 5.73 Å². The van der Waals surface area contributed by atoms with Gasteiger partial charge in [0.15, 0.2) is 0 Å². The van der Waals surface area contributed by atoms with Crippen LogP contribution in [-0.4, -0.2) is 15.2 Å². The van der Waals surface area contributed by atoms with Gasteiger partial charge < -0.3 is 5.73 Å². The minimum atomic E-state index is -0.395. The van der Waals surface area contributed by atoms with Crippen molar-refractivity contribution in [1.29, 1.82) is 0 Å². The molecule has 0 bridgehead atoms. The fourth-order valence-electron chi connectivity index (χ4n) is 1.50. The van der Waals surface area contributed by atoms with Gasteiger partial charge in [0, 0.05) is 0 Å². The van der Waals surface area contributed by atoms with Crippen molar-refractivity contribution in [1.82, 2.24) is 15.2 Å². The Morgan fingerprint density at radius 2 is 2.27 bits per heavy atom. The molecule has 3 N–H and O–H groups in total. The zero-order valence-electron chi connectivity index (χ0n) is 8.24. The Morgan fingerprint density at radius 3 is 2.87 bits per heavy atom. The molecule has 1 aromatic carbocycles. The highest BCUT2D eigenvalue weighted by atomic mass is 19.1. The molecule has 1 atom stereocenters. The fourth-order valence-corrected chi connectivity index (χ4v) is 1.50. The number of H-pyrrole nitrogens is 1. The standard InChI is InChI=1S/C10H11FN4/c1-6-4-7(11)2-3-8(6)9(12)10-13-5-14-15-10/h2-5,9H,12H2,1H3,(H,13,14,15). The summed E-state index contributed by atoms with van der Waals surface area (Å²) in [6, 6.07) is 4.11. The molecule has 1 heterocycles. The van der Waals surface area contributed by atoms with Crippen molar-refractivity contribution in [2.75, 3.05) is 0 Å². The Morgan fingerprint density at radius 1 is 1.47 bits per heavy atom. The van der Waals surface area contributed by atoms with Gasteiger partial charge in [-0.3, -0.25) is 5.10 Å². The molecule has 5 heteroatoms. The van der Waals surface area contributed by atoms with Crippen LogP contribution >= 0.6 is 0 Å². The van der Waals surface area contributed by atoms with Crippen LogP contribution in [-0.2, 0) is 0 Å². The number of hydrogen-bond acceptors (Lipinski definition) is 3. The first-order chi connectivity index (χ1) is 7.18. The van der Waals surface area contributed by atoms with Gasteiger partial charge in [-0.2, -0.15) is 5.10 Å². The lowest BCUT2D eigenvalue weighted by Gasteiger charge is -2.11. The maximum absolute atomic E-state index is 12.9. The molecule has 0 aliphatic carbocycles. The van der Waals surface area contributed by atoms with Crippen molar-refractivity contribution >= 4 is 0 Å². The molecule has 1 unspecified atom stereocenters. The van der Waals surface area contributed by atoms with Crippen LogP contribution in [0.25, 0.3) is 0 Å². The fraction of sp³-hybridized carbons (Fsp3) is 0.200. The molecule has 78 valence electrons. The molecule has 15 heavy (non-hydrogen) atoms.